The smallest absolute Gasteiger partial charge is 0.261 e. The molecule has 2 atom stereocenters. The van der Waals surface area contributed by atoms with Crippen molar-refractivity contribution in [3.05, 3.63) is 71.1 Å². The van der Waals surface area contributed by atoms with Gasteiger partial charge in [0, 0.05) is 49.5 Å². The Labute approximate surface area is 176 Å². The van der Waals surface area contributed by atoms with Gasteiger partial charge in [-0.3, -0.25) is 14.6 Å². The lowest BCUT2D eigenvalue weighted by Gasteiger charge is -2.34. The second-order valence-electron chi connectivity index (χ2n) is 8.21. The number of nitrogens with zero attached hydrogens (tertiary/aromatic N) is 2. The van der Waals surface area contributed by atoms with Crippen LogP contribution in [-0.4, -0.2) is 54.0 Å². The molecule has 1 amide bonds. The van der Waals surface area contributed by atoms with Gasteiger partial charge in [0.2, 0.25) is 0 Å². The highest BCUT2D eigenvalue weighted by Crippen LogP contribution is 2.31. The summed E-state index contributed by atoms with van der Waals surface area (Å²) in [7, 11) is 0. The van der Waals surface area contributed by atoms with Gasteiger partial charge < -0.3 is 5.32 Å². The average Bonchev–Trinajstić information content (AvgIpc) is 3.45. The summed E-state index contributed by atoms with van der Waals surface area (Å²) >= 11 is 1.57. The highest BCUT2D eigenvalue weighted by molar-refractivity contribution is 7.20. The summed E-state index contributed by atoms with van der Waals surface area (Å²) in [6.07, 6.45) is 2.31. The molecule has 2 aliphatic rings. The van der Waals surface area contributed by atoms with Crippen molar-refractivity contribution in [2.24, 2.45) is 0 Å². The normalized spacial score (nSPS) is 21.8. The summed E-state index contributed by atoms with van der Waals surface area (Å²) in [5, 5.41) is 4.25. The van der Waals surface area contributed by atoms with Gasteiger partial charge in [0.1, 0.15) is 0 Å². The Morgan fingerprint density at radius 2 is 1.76 bits per heavy atom. The Hall–Kier alpha value is -2.21. The van der Waals surface area contributed by atoms with Crippen LogP contribution in [0.1, 0.15) is 28.1 Å². The fourth-order valence-electron chi connectivity index (χ4n) is 4.78. The zero-order chi connectivity index (χ0) is 19.6. The number of hydrogen-bond donors (Lipinski definition) is 1. The van der Waals surface area contributed by atoms with Crippen molar-refractivity contribution < 1.29 is 4.79 Å². The summed E-state index contributed by atoms with van der Waals surface area (Å²) in [4.78, 5) is 18.5. The molecule has 2 bridgehead atoms. The van der Waals surface area contributed by atoms with Crippen LogP contribution in [0, 0.1) is 0 Å². The van der Waals surface area contributed by atoms with Crippen molar-refractivity contribution in [3.8, 4) is 0 Å². The minimum Gasteiger partial charge on any atom is -0.351 e. The maximum atomic E-state index is 12.4. The third-order valence-electron chi connectivity index (χ3n) is 6.25. The van der Waals surface area contributed by atoms with Gasteiger partial charge in [-0.1, -0.05) is 48.5 Å². The first kappa shape index (κ1) is 18.8. The van der Waals surface area contributed by atoms with Gasteiger partial charge >= 0.3 is 0 Å². The molecule has 3 aromatic rings. The number of carbonyl (C=O) groups excluding carboxylic acids is 1. The van der Waals surface area contributed by atoms with Crippen LogP contribution in [0.5, 0.6) is 0 Å². The lowest BCUT2D eigenvalue weighted by molar-refractivity contribution is 0.0950. The molecule has 150 valence electrons. The number of benzene rings is 2. The number of nitrogens with one attached hydrogen (secondary N) is 1. The highest BCUT2D eigenvalue weighted by atomic mass is 32.1. The molecule has 1 aromatic heterocycles. The number of hydrogen-bond acceptors (Lipinski definition) is 4. The number of fused-ring (bicyclic) bond motifs is 3. The summed E-state index contributed by atoms with van der Waals surface area (Å²) in [6.45, 7) is 5.23. The Morgan fingerprint density at radius 1 is 1.00 bits per heavy atom. The molecule has 0 spiro atoms. The minimum absolute atomic E-state index is 0.0585. The van der Waals surface area contributed by atoms with Crippen molar-refractivity contribution in [1.82, 2.24) is 15.1 Å². The van der Waals surface area contributed by atoms with Crippen LogP contribution in [0.2, 0.25) is 0 Å². The van der Waals surface area contributed by atoms with E-state index in [-0.39, 0.29) is 5.91 Å². The molecule has 2 unspecified atom stereocenters. The first-order valence-electron chi connectivity index (χ1n) is 10.5. The monoisotopic (exact) mass is 405 g/mol. The predicted molar refractivity (Wildman–Crippen MR) is 119 cm³/mol. The van der Waals surface area contributed by atoms with Gasteiger partial charge in [0.25, 0.3) is 5.91 Å². The van der Waals surface area contributed by atoms with E-state index in [0.717, 1.165) is 36.3 Å². The van der Waals surface area contributed by atoms with Gasteiger partial charge in [-0.05, 0) is 35.9 Å². The van der Waals surface area contributed by atoms with E-state index in [4.69, 9.17) is 0 Å². The van der Waals surface area contributed by atoms with Crippen LogP contribution >= 0.6 is 11.3 Å². The molecule has 2 saturated heterocycles. The van der Waals surface area contributed by atoms with E-state index >= 15 is 0 Å². The summed E-state index contributed by atoms with van der Waals surface area (Å²) < 4.78 is 1.17. The lowest BCUT2D eigenvalue weighted by atomic mass is 10.2. The van der Waals surface area contributed by atoms with Crippen LogP contribution in [-0.2, 0) is 6.54 Å². The van der Waals surface area contributed by atoms with Crippen LogP contribution in [0.15, 0.2) is 60.7 Å². The van der Waals surface area contributed by atoms with Crippen LogP contribution in [0.4, 0.5) is 0 Å². The van der Waals surface area contributed by atoms with Gasteiger partial charge in [-0.25, -0.2) is 0 Å². The fourth-order valence-corrected chi connectivity index (χ4v) is 5.76. The topological polar surface area (TPSA) is 35.6 Å². The molecule has 0 aliphatic carbocycles. The van der Waals surface area contributed by atoms with Crippen LogP contribution < -0.4 is 5.32 Å². The molecule has 29 heavy (non-hydrogen) atoms. The standard InChI is InChI=1S/C24H27N3OS/c28-24(23-13-19-9-4-5-10-22(19)29-23)25-11-6-12-26-16-21-14-20(26)17-27(21)15-18-7-2-1-3-8-18/h1-5,7-10,13,20-21H,6,11-12,14-17H2,(H,25,28). The fraction of sp³-hybridized carbons (Fsp3) is 0.375. The van der Waals surface area contributed by atoms with Crippen molar-refractivity contribution in [1.29, 1.82) is 0 Å². The van der Waals surface area contributed by atoms with E-state index < -0.39 is 0 Å². The van der Waals surface area contributed by atoms with Crippen molar-refractivity contribution in [2.75, 3.05) is 26.2 Å². The van der Waals surface area contributed by atoms with E-state index in [0.29, 0.717) is 12.1 Å². The average molecular weight is 406 g/mol. The maximum absolute atomic E-state index is 12.4. The van der Waals surface area contributed by atoms with E-state index in [9.17, 15) is 4.79 Å². The maximum Gasteiger partial charge on any atom is 0.261 e. The van der Waals surface area contributed by atoms with Gasteiger partial charge in [0.05, 0.1) is 4.88 Å². The number of rotatable bonds is 7. The third kappa shape index (κ3) is 4.08. The molecule has 3 heterocycles. The summed E-state index contributed by atoms with van der Waals surface area (Å²) in [5.41, 5.74) is 1.41. The van der Waals surface area contributed by atoms with E-state index in [2.05, 4.69) is 57.6 Å². The molecule has 0 radical (unpaired) electrons. The second kappa shape index (κ2) is 8.27. The number of carbonyl (C=O) groups is 1. The molecular weight excluding hydrogens is 378 g/mol. The molecule has 2 aromatic carbocycles. The van der Waals surface area contributed by atoms with Crippen LogP contribution in [0.3, 0.4) is 0 Å². The molecule has 5 heteroatoms. The number of thiophene rings is 1. The molecular formula is C24H27N3OS. The first-order valence-corrected chi connectivity index (χ1v) is 11.4. The molecule has 2 fully saturated rings. The van der Waals surface area contributed by atoms with Crippen molar-refractivity contribution in [3.63, 3.8) is 0 Å². The summed E-state index contributed by atoms with van der Waals surface area (Å²) in [6, 6.07) is 22.3. The van der Waals surface area contributed by atoms with E-state index in [1.165, 1.54) is 29.8 Å². The lowest BCUT2D eigenvalue weighted by Crippen LogP contribution is -2.46. The van der Waals surface area contributed by atoms with Crippen molar-refractivity contribution in [2.45, 2.75) is 31.5 Å². The van der Waals surface area contributed by atoms with Gasteiger partial charge in [0.15, 0.2) is 0 Å². The molecule has 4 nitrogen and oxygen atoms in total. The molecule has 5 rings (SSSR count). The molecule has 2 aliphatic heterocycles. The quantitative estimate of drug-likeness (QED) is 0.604. The summed E-state index contributed by atoms with van der Waals surface area (Å²) in [5.74, 6) is 0.0585. The minimum atomic E-state index is 0.0585. The third-order valence-corrected chi connectivity index (χ3v) is 7.37. The SMILES string of the molecule is O=C(NCCCN1CC2CC1CN2Cc1ccccc1)c1cc2ccccc2s1. The van der Waals surface area contributed by atoms with E-state index in [1.807, 2.05) is 18.2 Å². The van der Waals surface area contributed by atoms with Gasteiger partial charge in [-0.2, -0.15) is 0 Å². The van der Waals surface area contributed by atoms with Gasteiger partial charge in [-0.15, -0.1) is 11.3 Å². The van der Waals surface area contributed by atoms with Crippen LogP contribution in [0.25, 0.3) is 10.1 Å². The number of amides is 1. The number of piperazine rings is 1. The highest BCUT2D eigenvalue weighted by Gasteiger charge is 2.42. The predicted octanol–water partition coefficient (Wildman–Crippen LogP) is 3.98. The Morgan fingerprint density at radius 3 is 2.55 bits per heavy atom. The molecule has 1 N–H and O–H groups in total. The Balaban J connectivity index is 1.06. The van der Waals surface area contributed by atoms with Crippen molar-refractivity contribution >= 4 is 27.3 Å². The zero-order valence-electron chi connectivity index (χ0n) is 16.6. The zero-order valence-corrected chi connectivity index (χ0v) is 17.4. The largest absolute Gasteiger partial charge is 0.351 e. The Kier molecular flexibility index (Phi) is 5.36. The Bertz CT molecular complexity index is 953. The first-order chi connectivity index (χ1) is 14.3. The van der Waals surface area contributed by atoms with E-state index in [1.54, 1.807) is 11.3 Å². The number of likely N-dealkylation sites (tertiary alicyclic amines) is 2. The second-order valence-corrected chi connectivity index (χ2v) is 9.30. The molecule has 0 saturated carbocycles.